The maximum absolute atomic E-state index is 12.9. The first-order valence-electron chi connectivity index (χ1n) is 18.4. The third kappa shape index (κ3) is 6.76. The first-order valence-corrected chi connectivity index (χ1v) is 18.4. The predicted molar refractivity (Wildman–Crippen MR) is 205 cm³/mol. The molecule has 260 valence electrons. The van der Waals surface area contributed by atoms with Gasteiger partial charge in [0, 0.05) is 37.1 Å². The van der Waals surface area contributed by atoms with E-state index in [2.05, 4.69) is 98.3 Å². The van der Waals surface area contributed by atoms with Gasteiger partial charge in [-0.15, -0.1) is 0 Å². The van der Waals surface area contributed by atoms with Crippen LogP contribution >= 0.6 is 0 Å². The summed E-state index contributed by atoms with van der Waals surface area (Å²) in [5.41, 5.74) is 3.98. The van der Waals surface area contributed by atoms with Crippen molar-refractivity contribution in [1.82, 2.24) is 29.7 Å². The number of nitrogens with zero attached hydrogens (tertiary/aromatic N) is 4. The number of aromatic amines is 2. The Kier molecular flexibility index (Phi) is 10.7. The summed E-state index contributed by atoms with van der Waals surface area (Å²) in [7, 11) is 0. The lowest BCUT2D eigenvalue weighted by Crippen LogP contribution is -2.34. The molecule has 0 aliphatic rings. The zero-order valence-electron chi connectivity index (χ0n) is 30.3. The molecular formula is C42H50N6O2. The fraction of sp³-hybridized carbons (Fsp3) is 0.381. The first-order chi connectivity index (χ1) is 24.3. The van der Waals surface area contributed by atoms with Crippen LogP contribution in [0.25, 0.3) is 54.8 Å². The van der Waals surface area contributed by atoms with Gasteiger partial charge in [0.05, 0.1) is 35.9 Å². The lowest BCUT2D eigenvalue weighted by Gasteiger charge is -2.27. The molecule has 6 rings (SSSR count). The van der Waals surface area contributed by atoms with Gasteiger partial charge in [-0.05, 0) is 84.0 Å². The number of aromatic nitrogens is 4. The van der Waals surface area contributed by atoms with Crippen LogP contribution in [0.2, 0.25) is 0 Å². The highest BCUT2D eigenvalue weighted by atomic mass is 16.2. The molecule has 0 saturated heterocycles. The molecule has 0 fully saturated rings. The minimum Gasteiger partial charge on any atom is -0.340 e. The molecule has 0 saturated carbocycles. The summed E-state index contributed by atoms with van der Waals surface area (Å²) in [4.78, 5) is 46.2. The molecule has 0 bridgehead atoms. The predicted octanol–water partition coefficient (Wildman–Crippen LogP) is 10.1. The zero-order chi connectivity index (χ0) is 35.4. The summed E-state index contributed by atoms with van der Waals surface area (Å²) in [6.45, 7) is 13.8. The van der Waals surface area contributed by atoms with Gasteiger partial charge in [0.25, 0.3) is 0 Å². The summed E-state index contributed by atoms with van der Waals surface area (Å²) < 4.78 is 0. The Balaban J connectivity index is 1.36. The second-order valence-electron chi connectivity index (χ2n) is 13.5. The summed E-state index contributed by atoms with van der Waals surface area (Å²) >= 11 is 0. The molecule has 8 heteroatoms. The number of hydrogen-bond acceptors (Lipinski definition) is 4. The molecule has 0 radical (unpaired) electrons. The summed E-state index contributed by atoms with van der Waals surface area (Å²) in [6, 6.07) is 21.6. The van der Waals surface area contributed by atoms with Crippen LogP contribution in [0.4, 0.5) is 0 Å². The molecular weight excluding hydrogens is 621 g/mol. The SMILES string of the molecule is CCCC(=O)N(CCC)[C@@H](C)c1ncc(-c2ccc3c4ccc(-c5cnc([C@H](C)N(CCC)C(=O)CCC)[nH]5)cc4c4ccccc4c3c2)[nH]1. The molecule has 8 nitrogen and oxygen atoms in total. The average molecular weight is 671 g/mol. The smallest absolute Gasteiger partial charge is 0.223 e. The van der Waals surface area contributed by atoms with Crippen LogP contribution in [-0.4, -0.2) is 54.6 Å². The second-order valence-corrected chi connectivity index (χ2v) is 13.5. The van der Waals surface area contributed by atoms with Crippen LogP contribution in [0.5, 0.6) is 0 Å². The van der Waals surface area contributed by atoms with Gasteiger partial charge < -0.3 is 19.8 Å². The zero-order valence-corrected chi connectivity index (χ0v) is 30.3. The summed E-state index contributed by atoms with van der Waals surface area (Å²) in [5, 5.41) is 7.10. The van der Waals surface area contributed by atoms with E-state index in [1.807, 2.05) is 36.0 Å². The van der Waals surface area contributed by atoms with E-state index in [1.165, 1.54) is 32.3 Å². The number of rotatable bonds is 14. The van der Waals surface area contributed by atoms with Crippen molar-refractivity contribution in [3.63, 3.8) is 0 Å². The number of carbonyl (C=O) groups excluding carboxylic acids is 2. The van der Waals surface area contributed by atoms with Crippen molar-refractivity contribution < 1.29 is 9.59 Å². The normalized spacial score (nSPS) is 12.8. The van der Waals surface area contributed by atoms with E-state index in [4.69, 9.17) is 9.97 Å². The number of nitrogens with one attached hydrogen (secondary N) is 2. The maximum Gasteiger partial charge on any atom is 0.223 e. The van der Waals surface area contributed by atoms with Crippen molar-refractivity contribution in [3.8, 4) is 22.5 Å². The first kappa shape index (κ1) is 34.9. The highest BCUT2D eigenvalue weighted by Crippen LogP contribution is 2.39. The van der Waals surface area contributed by atoms with Crippen molar-refractivity contribution in [2.45, 2.75) is 92.2 Å². The Bertz CT molecular complexity index is 1960. The Morgan fingerprint density at radius 2 is 0.980 bits per heavy atom. The molecule has 2 amide bonds. The fourth-order valence-corrected chi connectivity index (χ4v) is 7.24. The number of H-pyrrole nitrogens is 2. The third-order valence-electron chi connectivity index (χ3n) is 9.87. The molecule has 4 aromatic carbocycles. The van der Waals surface area contributed by atoms with E-state index in [0.717, 1.165) is 59.8 Å². The number of fused-ring (bicyclic) bond motifs is 6. The van der Waals surface area contributed by atoms with Crippen LogP contribution in [0.15, 0.2) is 73.1 Å². The molecule has 0 aliphatic heterocycles. The Hall–Kier alpha value is -4.98. The number of amides is 2. The van der Waals surface area contributed by atoms with E-state index in [1.54, 1.807) is 0 Å². The van der Waals surface area contributed by atoms with Gasteiger partial charge in [0.1, 0.15) is 11.6 Å². The molecule has 6 aromatic rings. The standard InChI is InChI=1S/C42H50N6O2/c1-7-13-39(49)47(21-9-3)27(5)41-43-25-37(45-41)29-17-19-33-34-20-18-30(24-36(34)32-16-12-11-15-31(32)35(33)23-29)38-26-44-42(46-38)28(6)48(22-10-4)40(50)14-8-2/h11-12,15-20,23-28H,7-10,13-14,21-22H2,1-6H3,(H,43,45)(H,44,46)/t27-,28-/m0/s1. The van der Waals surface area contributed by atoms with Crippen molar-refractivity contribution in [2.24, 2.45) is 0 Å². The molecule has 0 aliphatic carbocycles. The molecule has 2 aromatic heterocycles. The van der Waals surface area contributed by atoms with E-state index >= 15 is 0 Å². The van der Waals surface area contributed by atoms with Gasteiger partial charge in [0.2, 0.25) is 11.8 Å². The quantitative estimate of drug-likeness (QED) is 0.113. The number of imidazole rings is 2. The fourth-order valence-electron chi connectivity index (χ4n) is 7.24. The topological polar surface area (TPSA) is 98.0 Å². The van der Waals surface area contributed by atoms with Crippen LogP contribution in [0, 0.1) is 0 Å². The van der Waals surface area contributed by atoms with E-state index in [0.29, 0.717) is 25.9 Å². The number of carbonyl (C=O) groups is 2. The summed E-state index contributed by atoms with van der Waals surface area (Å²) in [5.74, 6) is 1.95. The Labute approximate surface area is 295 Å². The van der Waals surface area contributed by atoms with Crippen molar-refractivity contribution in [1.29, 1.82) is 0 Å². The highest BCUT2D eigenvalue weighted by molar-refractivity contribution is 6.26. The van der Waals surface area contributed by atoms with Crippen LogP contribution in [0.3, 0.4) is 0 Å². The Morgan fingerprint density at radius 3 is 1.36 bits per heavy atom. The highest BCUT2D eigenvalue weighted by Gasteiger charge is 2.24. The van der Waals surface area contributed by atoms with Gasteiger partial charge in [-0.25, -0.2) is 9.97 Å². The summed E-state index contributed by atoms with van der Waals surface area (Å²) in [6.07, 6.45) is 8.34. The average Bonchev–Trinajstić information content (AvgIpc) is 3.84. The van der Waals surface area contributed by atoms with Crippen LogP contribution < -0.4 is 0 Å². The number of hydrogen-bond donors (Lipinski definition) is 2. The van der Waals surface area contributed by atoms with E-state index < -0.39 is 0 Å². The minimum absolute atomic E-state index is 0.129. The molecule has 2 N–H and O–H groups in total. The molecule has 50 heavy (non-hydrogen) atoms. The Morgan fingerprint density at radius 1 is 0.580 bits per heavy atom. The van der Waals surface area contributed by atoms with E-state index in [-0.39, 0.29) is 23.9 Å². The third-order valence-corrected chi connectivity index (χ3v) is 9.87. The van der Waals surface area contributed by atoms with Crippen molar-refractivity contribution >= 4 is 44.1 Å². The van der Waals surface area contributed by atoms with Gasteiger partial charge in [0.15, 0.2) is 0 Å². The maximum atomic E-state index is 12.9. The number of benzene rings is 4. The van der Waals surface area contributed by atoms with Gasteiger partial charge >= 0.3 is 0 Å². The van der Waals surface area contributed by atoms with Gasteiger partial charge in [-0.2, -0.15) is 0 Å². The van der Waals surface area contributed by atoms with Crippen LogP contribution in [-0.2, 0) is 9.59 Å². The van der Waals surface area contributed by atoms with Crippen LogP contribution in [0.1, 0.15) is 104 Å². The van der Waals surface area contributed by atoms with Gasteiger partial charge in [-0.3, -0.25) is 9.59 Å². The molecule has 2 atom stereocenters. The van der Waals surface area contributed by atoms with E-state index in [9.17, 15) is 9.59 Å². The largest absolute Gasteiger partial charge is 0.340 e. The molecule has 0 unspecified atom stereocenters. The monoisotopic (exact) mass is 670 g/mol. The van der Waals surface area contributed by atoms with Gasteiger partial charge in [-0.1, -0.05) is 76.2 Å². The second kappa shape index (κ2) is 15.3. The lowest BCUT2D eigenvalue weighted by molar-refractivity contribution is -0.134. The van der Waals surface area contributed by atoms with Crippen molar-refractivity contribution in [2.75, 3.05) is 13.1 Å². The van der Waals surface area contributed by atoms with Crippen molar-refractivity contribution in [3.05, 3.63) is 84.7 Å². The lowest BCUT2D eigenvalue weighted by atomic mass is 9.91. The molecule has 2 heterocycles. The minimum atomic E-state index is -0.129. The molecule has 0 spiro atoms.